The summed E-state index contributed by atoms with van der Waals surface area (Å²) in [5.74, 6) is 0.511. The summed E-state index contributed by atoms with van der Waals surface area (Å²) in [5, 5.41) is 7.47. The topological polar surface area (TPSA) is 111 Å². The number of nitrogens with one attached hydrogen (secondary N) is 1. The van der Waals surface area contributed by atoms with E-state index in [0.717, 1.165) is 0 Å². The lowest BCUT2D eigenvalue weighted by atomic mass is 10.2. The quantitative estimate of drug-likeness (QED) is 0.468. The van der Waals surface area contributed by atoms with Crippen LogP contribution in [0.15, 0.2) is 30.6 Å². The second-order valence-electron chi connectivity index (χ2n) is 4.10. The van der Waals surface area contributed by atoms with E-state index < -0.39 is 0 Å². The van der Waals surface area contributed by atoms with Crippen molar-refractivity contribution in [3.05, 3.63) is 47.4 Å². The van der Waals surface area contributed by atoms with Crippen molar-refractivity contribution in [3.8, 4) is 11.6 Å². The van der Waals surface area contributed by atoms with Crippen LogP contribution in [-0.2, 0) is 6.61 Å². The van der Waals surface area contributed by atoms with E-state index in [1.807, 2.05) is 0 Å². The maximum Gasteiger partial charge on any atom is 0.213 e. The molecular formula is C14H14N4O3. The van der Waals surface area contributed by atoms with Crippen LogP contribution in [0.1, 0.15) is 21.6 Å². The summed E-state index contributed by atoms with van der Waals surface area (Å²) in [6.07, 6.45) is 3.62. The molecule has 0 spiro atoms. The van der Waals surface area contributed by atoms with Gasteiger partial charge in [-0.25, -0.2) is 4.98 Å². The van der Waals surface area contributed by atoms with Gasteiger partial charge in [-0.2, -0.15) is 0 Å². The van der Waals surface area contributed by atoms with E-state index in [-0.39, 0.29) is 12.4 Å². The molecule has 0 radical (unpaired) electrons. The highest BCUT2D eigenvalue weighted by molar-refractivity contribution is 5.94. The number of hydrogen-bond donors (Lipinski definition) is 2. The average molecular weight is 286 g/mol. The Balaban J connectivity index is 2.21. The van der Waals surface area contributed by atoms with Gasteiger partial charge >= 0.3 is 0 Å². The molecule has 2 aromatic heterocycles. The first-order valence-corrected chi connectivity index (χ1v) is 6.06. The molecule has 0 unspecified atom stereocenters. The maximum absolute atomic E-state index is 11.1. The Labute approximate surface area is 121 Å². The molecule has 0 aromatic carbocycles. The van der Waals surface area contributed by atoms with E-state index in [0.29, 0.717) is 34.7 Å². The molecule has 0 atom stereocenters. The lowest BCUT2D eigenvalue weighted by Gasteiger charge is -2.11. The fourth-order valence-corrected chi connectivity index (χ4v) is 1.72. The summed E-state index contributed by atoms with van der Waals surface area (Å²) in [5.41, 5.74) is 6.79. The minimum atomic E-state index is -0.141. The summed E-state index contributed by atoms with van der Waals surface area (Å²) in [6.45, 7) is 0.123. The molecule has 0 aliphatic rings. The molecule has 3 N–H and O–H groups in total. The lowest BCUT2D eigenvalue weighted by molar-refractivity contribution is 0.111. The molecule has 0 fully saturated rings. The number of nitrogen functional groups attached to an aromatic ring is 1. The standard InChI is InChI=1S/C14H14N4O3/c1-20-12-5-10(7-19)11(6-18-12)21-8-9-3-2-4-17-13(9)14(15)16/h2-7H,8H2,1H3,(H3,15,16). The van der Waals surface area contributed by atoms with Crippen LogP contribution in [0.5, 0.6) is 11.6 Å². The maximum atomic E-state index is 11.1. The van der Waals surface area contributed by atoms with Gasteiger partial charge in [-0.05, 0) is 6.07 Å². The van der Waals surface area contributed by atoms with Gasteiger partial charge in [0, 0.05) is 17.8 Å². The molecule has 7 heteroatoms. The largest absolute Gasteiger partial charge is 0.486 e. The number of ether oxygens (including phenoxy) is 2. The molecule has 0 amide bonds. The van der Waals surface area contributed by atoms with Gasteiger partial charge in [0.15, 0.2) is 6.29 Å². The number of methoxy groups -OCH3 is 1. The van der Waals surface area contributed by atoms with Gasteiger partial charge in [-0.15, -0.1) is 0 Å². The van der Waals surface area contributed by atoms with Crippen molar-refractivity contribution in [2.24, 2.45) is 5.73 Å². The molecule has 2 aromatic rings. The van der Waals surface area contributed by atoms with E-state index in [4.69, 9.17) is 20.6 Å². The minimum Gasteiger partial charge on any atom is -0.486 e. The molecule has 0 bridgehead atoms. The van der Waals surface area contributed by atoms with Gasteiger partial charge in [0.25, 0.3) is 0 Å². The van der Waals surface area contributed by atoms with Crippen molar-refractivity contribution in [1.29, 1.82) is 5.41 Å². The van der Waals surface area contributed by atoms with E-state index >= 15 is 0 Å². The van der Waals surface area contributed by atoms with Crippen LogP contribution in [0.3, 0.4) is 0 Å². The minimum absolute atomic E-state index is 0.123. The summed E-state index contributed by atoms with van der Waals surface area (Å²) in [7, 11) is 1.46. The predicted octanol–water partition coefficient (Wildman–Crippen LogP) is 1.16. The Hall–Kier alpha value is -2.96. The van der Waals surface area contributed by atoms with Gasteiger partial charge in [0.1, 0.15) is 23.9 Å². The molecule has 2 rings (SSSR count). The SMILES string of the molecule is COc1cc(C=O)c(OCc2cccnc2C(=N)N)cn1. The van der Waals surface area contributed by atoms with Crippen LogP contribution >= 0.6 is 0 Å². The molecule has 21 heavy (non-hydrogen) atoms. The van der Waals surface area contributed by atoms with E-state index in [1.165, 1.54) is 19.4 Å². The van der Waals surface area contributed by atoms with Gasteiger partial charge in [0.05, 0.1) is 18.9 Å². The number of aldehydes is 1. The van der Waals surface area contributed by atoms with Gasteiger partial charge < -0.3 is 15.2 Å². The van der Waals surface area contributed by atoms with E-state index in [1.54, 1.807) is 18.3 Å². The van der Waals surface area contributed by atoms with E-state index in [9.17, 15) is 4.79 Å². The van der Waals surface area contributed by atoms with Crippen molar-refractivity contribution in [2.45, 2.75) is 6.61 Å². The number of pyridine rings is 2. The second kappa shape index (κ2) is 6.47. The Morgan fingerprint density at radius 1 is 1.48 bits per heavy atom. The summed E-state index contributed by atoms with van der Waals surface area (Å²) in [4.78, 5) is 19.1. The van der Waals surface area contributed by atoms with Crippen LogP contribution < -0.4 is 15.2 Å². The average Bonchev–Trinajstić information content (AvgIpc) is 2.52. The highest BCUT2D eigenvalue weighted by Gasteiger charge is 2.10. The number of hydrogen-bond acceptors (Lipinski definition) is 6. The number of carbonyl (C=O) groups is 1. The highest BCUT2D eigenvalue weighted by Crippen LogP contribution is 2.21. The molecule has 108 valence electrons. The third-order valence-corrected chi connectivity index (χ3v) is 2.74. The first-order chi connectivity index (χ1) is 10.2. The number of carbonyl (C=O) groups excluding carboxylic acids is 1. The number of amidine groups is 1. The Morgan fingerprint density at radius 2 is 2.29 bits per heavy atom. The van der Waals surface area contributed by atoms with Crippen molar-refractivity contribution < 1.29 is 14.3 Å². The van der Waals surface area contributed by atoms with Crippen molar-refractivity contribution in [1.82, 2.24) is 9.97 Å². The predicted molar refractivity (Wildman–Crippen MR) is 75.8 cm³/mol. The zero-order valence-electron chi connectivity index (χ0n) is 11.4. The summed E-state index contributed by atoms with van der Waals surface area (Å²) < 4.78 is 10.5. The molecular weight excluding hydrogens is 272 g/mol. The third kappa shape index (κ3) is 3.33. The second-order valence-corrected chi connectivity index (χ2v) is 4.10. The first-order valence-electron chi connectivity index (χ1n) is 6.06. The molecule has 0 saturated carbocycles. The zero-order valence-corrected chi connectivity index (χ0v) is 11.4. The third-order valence-electron chi connectivity index (χ3n) is 2.74. The first kappa shape index (κ1) is 14.4. The number of rotatable bonds is 6. The Kier molecular flexibility index (Phi) is 4.45. The van der Waals surface area contributed by atoms with Crippen LogP contribution in [-0.4, -0.2) is 29.2 Å². The fraction of sp³-hybridized carbons (Fsp3) is 0.143. The normalized spacial score (nSPS) is 9.95. The highest BCUT2D eigenvalue weighted by atomic mass is 16.5. The lowest BCUT2D eigenvalue weighted by Crippen LogP contribution is -2.16. The monoisotopic (exact) mass is 286 g/mol. The number of nitrogens with zero attached hydrogens (tertiary/aromatic N) is 2. The molecule has 0 aliphatic carbocycles. The van der Waals surface area contributed by atoms with Crippen molar-refractivity contribution >= 4 is 12.1 Å². The van der Waals surface area contributed by atoms with E-state index in [2.05, 4.69) is 9.97 Å². The molecule has 0 saturated heterocycles. The number of aromatic nitrogens is 2. The molecule has 2 heterocycles. The number of nitrogens with two attached hydrogens (primary N) is 1. The van der Waals surface area contributed by atoms with Crippen LogP contribution in [0.4, 0.5) is 0 Å². The summed E-state index contributed by atoms with van der Waals surface area (Å²) in [6, 6.07) is 4.96. The Bertz CT molecular complexity index is 673. The van der Waals surface area contributed by atoms with Crippen molar-refractivity contribution in [3.63, 3.8) is 0 Å². The van der Waals surface area contributed by atoms with Crippen LogP contribution in [0.2, 0.25) is 0 Å². The summed E-state index contributed by atoms with van der Waals surface area (Å²) >= 11 is 0. The van der Waals surface area contributed by atoms with Crippen LogP contribution in [0.25, 0.3) is 0 Å². The molecule has 7 nitrogen and oxygen atoms in total. The molecule has 0 aliphatic heterocycles. The van der Waals surface area contributed by atoms with Gasteiger partial charge in [-0.3, -0.25) is 15.2 Å². The van der Waals surface area contributed by atoms with Crippen molar-refractivity contribution in [2.75, 3.05) is 7.11 Å². The fourth-order valence-electron chi connectivity index (χ4n) is 1.72. The Morgan fingerprint density at radius 3 is 2.95 bits per heavy atom. The smallest absolute Gasteiger partial charge is 0.213 e. The van der Waals surface area contributed by atoms with Crippen LogP contribution in [0, 0.1) is 5.41 Å². The van der Waals surface area contributed by atoms with Gasteiger partial charge in [-0.1, -0.05) is 6.07 Å². The van der Waals surface area contributed by atoms with Gasteiger partial charge in [0.2, 0.25) is 5.88 Å². The zero-order chi connectivity index (χ0) is 15.2.